The number of halogens is 2. The minimum Gasteiger partial charge on any atom is -0.383 e. The van der Waals surface area contributed by atoms with E-state index in [1.165, 1.54) is 19.1 Å². The Kier molecular flexibility index (Phi) is 5.84. The quantitative estimate of drug-likeness (QED) is 0.458. The zero-order valence-electron chi connectivity index (χ0n) is 11.0. The number of nitro groups is 1. The van der Waals surface area contributed by atoms with Crippen molar-refractivity contribution in [2.75, 3.05) is 27.3 Å². The van der Waals surface area contributed by atoms with E-state index in [-0.39, 0.29) is 18.7 Å². The number of hydrogen-bond donors (Lipinski definition) is 0. The predicted octanol–water partition coefficient (Wildman–Crippen LogP) is 2.06. The van der Waals surface area contributed by atoms with Crippen molar-refractivity contribution in [3.05, 3.63) is 39.7 Å². The molecule has 0 heterocycles. The maximum atomic E-state index is 13.2. The van der Waals surface area contributed by atoms with Crippen molar-refractivity contribution in [2.24, 2.45) is 0 Å². The van der Waals surface area contributed by atoms with Crippen molar-refractivity contribution in [3.8, 4) is 0 Å². The summed E-state index contributed by atoms with van der Waals surface area (Å²) in [4.78, 5) is 23.4. The van der Waals surface area contributed by atoms with E-state index >= 15 is 0 Å². The van der Waals surface area contributed by atoms with E-state index in [2.05, 4.69) is 0 Å². The van der Waals surface area contributed by atoms with Crippen LogP contribution in [0.15, 0.2) is 18.2 Å². The molecule has 0 N–H and O–H groups in total. The van der Waals surface area contributed by atoms with E-state index in [4.69, 9.17) is 16.3 Å². The predicted molar refractivity (Wildman–Crippen MR) is 71.5 cm³/mol. The van der Waals surface area contributed by atoms with Crippen LogP contribution in [0.3, 0.4) is 0 Å². The summed E-state index contributed by atoms with van der Waals surface area (Å²) >= 11 is 5.91. The summed E-state index contributed by atoms with van der Waals surface area (Å²) in [6.45, 7) is 0.353. The first-order valence-corrected chi connectivity index (χ1v) is 6.13. The van der Waals surface area contributed by atoms with E-state index < -0.39 is 27.7 Å². The second-order valence-corrected chi connectivity index (χ2v) is 4.77. The first-order chi connectivity index (χ1) is 9.36. The van der Waals surface area contributed by atoms with Crippen LogP contribution >= 0.6 is 11.6 Å². The van der Waals surface area contributed by atoms with Crippen LogP contribution in [0.1, 0.15) is 10.4 Å². The van der Waals surface area contributed by atoms with Crippen molar-refractivity contribution < 1.29 is 18.8 Å². The summed E-state index contributed by atoms with van der Waals surface area (Å²) < 4.78 is 18.0. The third-order valence-electron chi connectivity index (χ3n) is 2.55. The Balaban J connectivity index is 2.96. The maximum absolute atomic E-state index is 13.2. The molecule has 0 aliphatic carbocycles. The fourth-order valence-electron chi connectivity index (χ4n) is 1.66. The first-order valence-electron chi connectivity index (χ1n) is 5.69. The number of benzene rings is 1. The summed E-state index contributed by atoms with van der Waals surface area (Å²) in [7, 11) is 2.90. The molecule has 0 aromatic heterocycles. The molecule has 0 radical (unpaired) electrons. The molecule has 0 saturated carbocycles. The largest absolute Gasteiger partial charge is 0.383 e. The lowest BCUT2D eigenvalue weighted by atomic mass is 10.1. The van der Waals surface area contributed by atoms with E-state index in [9.17, 15) is 19.3 Å². The van der Waals surface area contributed by atoms with Crippen LogP contribution in [-0.2, 0) is 4.74 Å². The van der Waals surface area contributed by atoms with Crippen LogP contribution in [0.5, 0.6) is 0 Å². The molecule has 0 aliphatic rings. The number of carbonyl (C=O) groups is 1. The van der Waals surface area contributed by atoms with Gasteiger partial charge >= 0.3 is 0 Å². The van der Waals surface area contributed by atoms with Crippen LogP contribution in [-0.4, -0.2) is 48.4 Å². The molecule has 6 nitrogen and oxygen atoms in total. The summed E-state index contributed by atoms with van der Waals surface area (Å²) in [6.07, 6.45) is 0. The highest BCUT2D eigenvalue weighted by atomic mass is 35.5. The summed E-state index contributed by atoms with van der Waals surface area (Å²) in [6, 6.07) is 2.74. The zero-order chi connectivity index (χ0) is 15.3. The number of ether oxygens (including phenoxy) is 1. The van der Waals surface area contributed by atoms with Gasteiger partial charge in [-0.05, 0) is 12.1 Å². The smallest absolute Gasteiger partial charge is 0.282 e. The fourth-order valence-corrected chi connectivity index (χ4v) is 1.99. The third kappa shape index (κ3) is 4.14. The van der Waals surface area contributed by atoms with Gasteiger partial charge in [0.25, 0.3) is 11.6 Å². The van der Waals surface area contributed by atoms with E-state index in [1.807, 2.05) is 0 Å². The van der Waals surface area contributed by atoms with Crippen LogP contribution in [0.25, 0.3) is 0 Å². The highest BCUT2D eigenvalue weighted by Crippen LogP contribution is 2.21. The molecule has 1 amide bonds. The molecule has 1 unspecified atom stereocenters. The van der Waals surface area contributed by atoms with Crippen LogP contribution in [0, 0.1) is 15.9 Å². The van der Waals surface area contributed by atoms with Crippen molar-refractivity contribution >= 4 is 23.2 Å². The minimum atomic E-state index is -0.728. The van der Waals surface area contributed by atoms with E-state index in [0.717, 1.165) is 18.2 Å². The number of amides is 1. The second-order valence-electron chi connectivity index (χ2n) is 4.16. The van der Waals surface area contributed by atoms with Crippen molar-refractivity contribution in [2.45, 2.75) is 5.38 Å². The molecule has 110 valence electrons. The SMILES string of the molecule is COCC(Cl)CN(C)C(=O)c1cc(F)ccc1[N+](=O)[O-]. The molecular formula is C12H14ClFN2O4. The Morgan fingerprint density at radius 1 is 1.60 bits per heavy atom. The summed E-state index contributed by atoms with van der Waals surface area (Å²) in [5, 5.41) is 10.4. The Bertz CT molecular complexity index is 512. The topological polar surface area (TPSA) is 72.7 Å². The molecule has 1 atom stereocenters. The number of carbonyl (C=O) groups excluding carboxylic acids is 1. The van der Waals surface area contributed by atoms with Crippen LogP contribution in [0.4, 0.5) is 10.1 Å². The van der Waals surface area contributed by atoms with Gasteiger partial charge in [0.05, 0.1) is 16.9 Å². The molecule has 1 aromatic carbocycles. The van der Waals surface area contributed by atoms with Gasteiger partial charge in [-0.2, -0.15) is 0 Å². The Morgan fingerprint density at radius 2 is 2.25 bits per heavy atom. The van der Waals surface area contributed by atoms with Gasteiger partial charge in [0, 0.05) is 26.8 Å². The minimum absolute atomic E-state index is 0.127. The van der Waals surface area contributed by atoms with Gasteiger partial charge in [-0.3, -0.25) is 14.9 Å². The lowest BCUT2D eigenvalue weighted by Gasteiger charge is -2.20. The lowest BCUT2D eigenvalue weighted by molar-refractivity contribution is -0.385. The van der Waals surface area contributed by atoms with Gasteiger partial charge in [0.15, 0.2) is 0 Å². The molecule has 1 aromatic rings. The molecule has 0 fully saturated rings. The average Bonchev–Trinajstić information content (AvgIpc) is 2.37. The second kappa shape index (κ2) is 7.16. The molecule has 0 saturated heterocycles. The van der Waals surface area contributed by atoms with Crippen LogP contribution in [0.2, 0.25) is 0 Å². The monoisotopic (exact) mass is 304 g/mol. The van der Waals surface area contributed by atoms with Gasteiger partial charge in [-0.25, -0.2) is 4.39 Å². The highest BCUT2D eigenvalue weighted by molar-refractivity contribution is 6.21. The van der Waals surface area contributed by atoms with E-state index in [1.54, 1.807) is 0 Å². The van der Waals surface area contributed by atoms with Crippen molar-refractivity contribution in [1.29, 1.82) is 0 Å². The number of rotatable bonds is 6. The number of nitro benzene ring substituents is 1. The molecular weight excluding hydrogens is 291 g/mol. The van der Waals surface area contributed by atoms with Gasteiger partial charge in [-0.15, -0.1) is 11.6 Å². The normalized spacial score (nSPS) is 12.0. The lowest BCUT2D eigenvalue weighted by Crippen LogP contribution is -2.34. The molecule has 0 spiro atoms. The molecule has 1 rings (SSSR count). The Morgan fingerprint density at radius 3 is 2.80 bits per heavy atom. The number of nitrogens with zero attached hydrogens (tertiary/aromatic N) is 2. The summed E-state index contributed by atoms with van der Waals surface area (Å²) in [5.74, 6) is -1.38. The number of hydrogen-bond acceptors (Lipinski definition) is 4. The van der Waals surface area contributed by atoms with Gasteiger partial charge < -0.3 is 9.64 Å². The van der Waals surface area contributed by atoms with Gasteiger partial charge in [-0.1, -0.05) is 0 Å². The Labute approximate surface area is 120 Å². The first kappa shape index (κ1) is 16.3. The molecule has 8 heteroatoms. The highest BCUT2D eigenvalue weighted by Gasteiger charge is 2.24. The average molecular weight is 305 g/mol. The van der Waals surface area contributed by atoms with Gasteiger partial charge in [0.1, 0.15) is 11.4 Å². The zero-order valence-corrected chi connectivity index (χ0v) is 11.8. The Hall–Kier alpha value is -1.73. The summed E-state index contributed by atoms with van der Waals surface area (Å²) in [5.41, 5.74) is -0.750. The van der Waals surface area contributed by atoms with Crippen molar-refractivity contribution in [3.63, 3.8) is 0 Å². The maximum Gasteiger partial charge on any atom is 0.282 e. The molecule has 0 bridgehead atoms. The van der Waals surface area contributed by atoms with E-state index in [0.29, 0.717) is 0 Å². The standard InChI is InChI=1S/C12H14ClFN2O4/c1-15(6-8(13)7-20-2)12(17)10-5-9(14)3-4-11(10)16(18)19/h3-5,8H,6-7H2,1-2H3. The van der Waals surface area contributed by atoms with Crippen molar-refractivity contribution in [1.82, 2.24) is 4.90 Å². The number of methoxy groups -OCH3 is 1. The van der Waals surface area contributed by atoms with Gasteiger partial charge in [0.2, 0.25) is 0 Å². The third-order valence-corrected chi connectivity index (χ3v) is 2.82. The van der Waals surface area contributed by atoms with Crippen LogP contribution < -0.4 is 0 Å². The fraction of sp³-hybridized carbons (Fsp3) is 0.417. The molecule has 20 heavy (non-hydrogen) atoms. The molecule has 0 aliphatic heterocycles. The number of alkyl halides is 1.